The number of amides is 1. The smallest absolute Gasteiger partial charge is 0.379 e. The molecule has 1 atom stereocenters. The van der Waals surface area contributed by atoms with Gasteiger partial charge in [0, 0.05) is 32.6 Å². The van der Waals surface area contributed by atoms with Crippen molar-refractivity contribution in [2.45, 2.75) is 20.3 Å². The fourth-order valence-corrected chi connectivity index (χ4v) is 3.11. The summed E-state index contributed by atoms with van der Waals surface area (Å²) in [4.78, 5) is 23.7. The quantitative estimate of drug-likeness (QED) is 0.696. The van der Waals surface area contributed by atoms with Gasteiger partial charge < -0.3 is 9.63 Å². The lowest BCUT2D eigenvalue weighted by Crippen LogP contribution is -2.42. The molecular formula is C11H23N2O5P. The number of rotatable bonds is 7. The number of ether oxygens (including phenoxy) is 1. The van der Waals surface area contributed by atoms with Crippen LogP contribution in [0.2, 0.25) is 0 Å². The Hall–Kier alpha value is -0.460. The molecule has 1 unspecified atom stereocenters. The van der Waals surface area contributed by atoms with Crippen molar-refractivity contribution in [2.24, 2.45) is 0 Å². The highest BCUT2D eigenvalue weighted by Gasteiger charge is 2.33. The molecule has 19 heavy (non-hydrogen) atoms. The lowest BCUT2D eigenvalue weighted by molar-refractivity contribution is -0.127. The molecule has 0 aromatic heterocycles. The highest BCUT2D eigenvalue weighted by Crippen LogP contribution is 2.46. The topological polar surface area (TPSA) is 79.3 Å². The van der Waals surface area contributed by atoms with E-state index in [0.717, 1.165) is 17.8 Å². The van der Waals surface area contributed by atoms with Crippen LogP contribution in [0.3, 0.4) is 0 Å². The van der Waals surface area contributed by atoms with Gasteiger partial charge in [0.2, 0.25) is 5.91 Å². The molecule has 1 N–H and O–H groups in total. The van der Waals surface area contributed by atoms with E-state index in [2.05, 4.69) is 4.90 Å². The van der Waals surface area contributed by atoms with Gasteiger partial charge in [0.25, 0.3) is 0 Å². The van der Waals surface area contributed by atoms with Crippen LogP contribution in [0.1, 0.15) is 20.3 Å². The Morgan fingerprint density at radius 2 is 2.05 bits per heavy atom. The first-order valence-corrected chi connectivity index (χ1v) is 8.12. The first-order valence-electron chi connectivity index (χ1n) is 6.59. The normalized spacial score (nSPS) is 19.9. The molecule has 0 radical (unpaired) electrons. The van der Waals surface area contributed by atoms with Gasteiger partial charge in [0.1, 0.15) is 0 Å². The van der Waals surface area contributed by atoms with Crippen LogP contribution in [0.25, 0.3) is 0 Å². The predicted molar refractivity (Wildman–Crippen MR) is 70.7 cm³/mol. The fourth-order valence-electron chi connectivity index (χ4n) is 1.87. The number of morpholine rings is 1. The first-order chi connectivity index (χ1) is 9.01. The molecule has 1 saturated heterocycles. The Kier molecular flexibility index (Phi) is 6.96. The third kappa shape index (κ3) is 5.20. The second kappa shape index (κ2) is 7.97. The van der Waals surface area contributed by atoms with Crippen molar-refractivity contribution in [1.29, 1.82) is 0 Å². The Bertz CT molecular complexity index is 333. The van der Waals surface area contributed by atoms with Crippen LogP contribution >= 0.6 is 7.75 Å². The summed E-state index contributed by atoms with van der Waals surface area (Å²) in [6, 6.07) is 0. The average Bonchev–Trinajstić information content (AvgIpc) is 2.39. The zero-order chi connectivity index (χ0) is 14.3. The van der Waals surface area contributed by atoms with E-state index in [1.807, 2.05) is 0 Å². The second-order valence-electron chi connectivity index (χ2n) is 4.23. The van der Waals surface area contributed by atoms with Gasteiger partial charge in [-0.05, 0) is 6.92 Å². The molecule has 1 aliphatic rings. The molecule has 7 nitrogen and oxygen atoms in total. The van der Waals surface area contributed by atoms with E-state index < -0.39 is 7.75 Å². The zero-order valence-corrected chi connectivity index (χ0v) is 12.5. The van der Waals surface area contributed by atoms with Crippen molar-refractivity contribution in [2.75, 3.05) is 46.0 Å². The van der Waals surface area contributed by atoms with Gasteiger partial charge >= 0.3 is 7.75 Å². The van der Waals surface area contributed by atoms with Crippen LogP contribution in [-0.4, -0.2) is 66.4 Å². The number of carbonyl (C=O) groups excluding carboxylic acids is 1. The second-order valence-corrected chi connectivity index (χ2v) is 5.95. The van der Waals surface area contributed by atoms with Crippen LogP contribution in [0, 0.1) is 0 Å². The van der Waals surface area contributed by atoms with Gasteiger partial charge in [-0.2, -0.15) is 0 Å². The standard InChI is InChI=1S/C11H23N2O5P/c1-3-11(14)13(19(15,16)18-4-2)6-5-12-7-9-17-10-8-12/h3-10H2,1-2H3,(H,15,16). The van der Waals surface area contributed by atoms with Crippen molar-refractivity contribution in [3.8, 4) is 0 Å². The van der Waals surface area contributed by atoms with Crippen molar-refractivity contribution in [1.82, 2.24) is 9.57 Å². The minimum Gasteiger partial charge on any atom is -0.379 e. The Morgan fingerprint density at radius 1 is 1.42 bits per heavy atom. The largest absolute Gasteiger partial charge is 0.434 e. The van der Waals surface area contributed by atoms with Crippen molar-refractivity contribution in [3.05, 3.63) is 0 Å². The summed E-state index contributed by atoms with van der Waals surface area (Å²) in [5.41, 5.74) is 0. The predicted octanol–water partition coefficient (Wildman–Crippen LogP) is 0.694. The number of nitrogens with zero attached hydrogens (tertiary/aromatic N) is 2. The Morgan fingerprint density at radius 3 is 2.58 bits per heavy atom. The number of hydrogen-bond donors (Lipinski definition) is 1. The van der Waals surface area contributed by atoms with E-state index in [4.69, 9.17) is 9.26 Å². The van der Waals surface area contributed by atoms with Gasteiger partial charge in [0.05, 0.1) is 19.8 Å². The van der Waals surface area contributed by atoms with Gasteiger partial charge in [0.15, 0.2) is 0 Å². The third-order valence-electron chi connectivity index (χ3n) is 2.92. The molecule has 0 bridgehead atoms. The average molecular weight is 294 g/mol. The summed E-state index contributed by atoms with van der Waals surface area (Å²) >= 11 is 0. The maximum atomic E-state index is 12.0. The monoisotopic (exact) mass is 294 g/mol. The Balaban J connectivity index is 2.58. The molecular weight excluding hydrogens is 271 g/mol. The van der Waals surface area contributed by atoms with E-state index >= 15 is 0 Å². The van der Waals surface area contributed by atoms with Crippen LogP contribution in [0.5, 0.6) is 0 Å². The maximum absolute atomic E-state index is 12.0. The van der Waals surface area contributed by atoms with E-state index in [-0.39, 0.29) is 25.5 Å². The van der Waals surface area contributed by atoms with Crippen LogP contribution in [0.15, 0.2) is 0 Å². The first kappa shape index (κ1) is 16.6. The van der Waals surface area contributed by atoms with Crippen molar-refractivity contribution < 1.29 is 23.5 Å². The molecule has 1 amide bonds. The Labute approximate surface area is 114 Å². The maximum Gasteiger partial charge on any atom is 0.434 e. The van der Waals surface area contributed by atoms with Gasteiger partial charge in [-0.3, -0.25) is 14.2 Å². The van der Waals surface area contributed by atoms with Gasteiger partial charge in [-0.25, -0.2) is 9.24 Å². The van der Waals surface area contributed by atoms with E-state index in [0.29, 0.717) is 19.8 Å². The summed E-state index contributed by atoms with van der Waals surface area (Å²) in [6.45, 7) is 6.99. The van der Waals surface area contributed by atoms with E-state index in [9.17, 15) is 14.3 Å². The molecule has 8 heteroatoms. The summed E-state index contributed by atoms with van der Waals surface area (Å²) in [7, 11) is -4.02. The van der Waals surface area contributed by atoms with Gasteiger partial charge in [-0.15, -0.1) is 0 Å². The summed E-state index contributed by atoms with van der Waals surface area (Å²) in [5, 5.41) is 0. The minimum atomic E-state index is -4.02. The van der Waals surface area contributed by atoms with E-state index in [1.165, 1.54) is 0 Å². The highest BCUT2D eigenvalue weighted by atomic mass is 31.2. The zero-order valence-electron chi connectivity index (χ0n) is 11.6. The molecule has 1 rings (SSSR count). The minimum absolute atomic E-state index is 0.0961. The highest BCUT2D eigenvalue weighted by molar-refractivity contribution is 7.51. The number of carbonyl (C=O) groups is 1. The molecule has 1 aliphatic heterocycles. The number of hydrogen-bond acceptors (Lipinski definition) is 5. The molecule has 1 fully saturated rings. The van der Waals surface area contributed by atoms with Gasteiger partial charge in [-0.1, -0.05) is 6.92 Å². The fraction of sp³-hybridized carbons (Fsp3) is 0.909. The van der Waals surface area contributed by atoms with Crippen LogP contribution in [-0.2, 0) is 18.6 Å². The SMILES string of the molecule is CCOP(=O)(O)N(CCN1CCOCC1)C(=O)CC. The van der Waals surface area contributed by atoms with Crippen molar-refractivity contribution in [3.63, 3.8) is 0 Å². The summed E-state index contributed by atoms with van der Waals surface area (Å²) in [5.74, 6) is -0.368. The molecule has 0 saturated carbocycles. The van der Waals surface area contributed by atoms with Crippen molar-refractivity contribution >= 4 is 13.7 Å². The molecule has 1 heterocycles. The third-order valence-corrected chi connectivity index (χ3v) is 4.55. The molecule has 0 aliphatic carbocycles. The molecule has 0 aromatic rings. The lowest BCUT2D eigenvalue weighted by Gasteiger charge is -2.31. The van der Waals surface area contributed by atoms with Crippen LogP contribution < -0.4 is 0 Å². The molecule has 0 aromatic carbocycles. The molecule has 112 valence electrons. The van der Waals surface area contributed by atoms with Crippen LogP contribution in [0.4, 0.5) is 0 Å². The van der Waals surface area contributed by atoms with E-state index in [1.54, 1.807) is 13.8 Å². The lowest BCUT2D eigenvalue weighted by atomic mass is 10.4. The summed E-state index contributed by atoms with van der Waals surface area (Å²) in [6.07, 6.45) is 0.181. The molecule has 0 spiro atoms. The summed E-state index contributed by atoms with van der Waals surface area (Å²) < 4.78 is 23.0.